The number of benzene rings is 1. The predicted octanol–water partition coefficient (Wildman–Crippen LogP) is 3.15. The largest absolute Gasteiger partial charge is 0.392 e. The first-order valence-electron chi connectivity index (χ1n) is 6.25. The van der Waals surface area contributed by atoms with Crippen molar-refractivity contribution in [3.8, 4) is 0 Å². The lowest BCUT2D eigenvalue weighted by molar-refractivity contribution is 0.281. The van der Waals surface area contributed by atoms with E-state index in [1.807, 2.05) is 13.8 Å². The number of rotatable bonds is 6. The highest BCUT2D eigenvalue weighted by Crippen LogP contribution is 2.32. The predicted molar refractivity (Wildman–Crippen MR) is 81.7 cm³/mol. The summed E-state index contributed by atoms with van der Waals surface area (Å²) < 4.78 is 26.2. The molecule has 0 aliphatic carbocycles. The molecule has 7 heteroatoms. The van der Waals surface area contributed by atoms with Gasteiger partial charge in [-0.3, -0.25) is 0 Å². The van der Waals surface area contributed by atoms with Gasteiger partial charge in [-0.15, -0.1) is 0 Å². The van der Waals surface area contributed by atoms with Crippen molar-refractivity contribution >= 4 is 33.2 Å². The molecule has 0 aromatic heterocycles. The minimum absolute atomic E-state index is 0.0172. The van der Waals surface area contributed by atoms with Gasteiger partial charge in [0, 0.05) is 24.2 Å². The fourth-order valence-corrected chi connectivity index (χ4v) is 3.70. The summed E-state index contributed by atoms with van der Waals surface area (Å²) in [7, 11) is -2.17. The van der Waals surface area contributed by atoms with Crippen LogP contribution in [0, 0.1) is 5.92 Å². The van der Waals surface area contributed by atoms with Gasteiger partial charge in [0.15, 0.2) is 0 Å². The first-order valence-corrected chi connectivity index (χ1v) is 8.45. The van der Waals surface area contributed by atoms with Crippen LogP contribution < -0.4 is 0 Å². The third-order valence-corrected chi connectivity index (χ3v) is 5.82. The van der Waals surface area contributed by atoms with Crippen LogP contribution in [0.25, 0.3) is 0 Å². The number of halogens is 2. The molecule has 0 heterocycles. The summed E-state index contributed by atoms with van der Waals surface area (Å²) in [6.45, 7) is 4.06. The Bertz CT molecular complexity index is 573. The Morgan fingerprint density at radius 2 is 1.90 bits per heavy atom. The summed E-state index contributed by atoms with van der Waals surface area (Å²) in [5.74, 6) is 0.404. The van der Waals surface area contributed by atoms with Crippen LogP contribution in [0.2, 0.25) is 10.0 Å². The van der Waals surface area contributed by atoms with E-state index in [9.17, 15) is 13.5 Å². The van der Waals surface area contributed by atoms with E-state index in [2.05, 4.69) is 0 Å². The van der Waals surface area contributed by atoms with E-state index in [0.29, 0.717) is 12.5 Å². The third-order valence-electron chi connectivity index (χ3n) is 3.02. The second-order valence-corrected chi connectivity index (χ2v) is 7.80. The van der Waals surface area contributed by atoms with E-state index in [4.69, 9.17) is 23.2 Å². The Hall–Kier alpha value is -0.330. The van der Waals surface area contributed by atoms with Crippen LogP contribution in [0.1, 0.15) is 25.8 Å². The van der Waals surface area contributed by atoms with Crippen molar-refractivity contribution in [2.24, 2.45) is 5.92 Å². The summed E-state index contributed by atoms with van der Waals surface area (Å²) >= 11 is 11.9. The quantitative estimate of drug-likeness (QED) is 0.865. The molecule has 1 N–H and O–H groups in total. The zero-order valence-electron chi connectivity index (χ0n) is 11.7. The average Bonchev–Trinajstić information content (AvgIpc) is 2.35. The van der Waals surface area contributed by atoms with Crippen molar-refractivity contribution in [2.45, 2.75) is 31.8 Å². The van der Waals surface area contributed by atoms with Crippen molar-refractivity contribution in [1.29, 1.82) is 0 Å². The maximum absolute atomic E-state index is 12.5. The summed E-state index contributed by atoms with van der Waals surface area (Å²) in [6, 6.07) is 2.80. The molecule has 4 nitrogen and oxygen atoms in total. The molecule has 0 aliphatic heterocycles. The monoisotopic (exact) mass is 339 g/mol. The minimum Gasteiger partial charge on any atom is -0.392 e. The number of hydrogen-bond donors (Lipinski definition) is 1. The van der Waals surface area contributed by atoms with Crippen molar-refractivity contribution < 1.29 is 13.5 Å². The number of hydrogen-bond acceptors (Lipinski definition) is 3. The van der Waals surface area contributed by atoms with Gasteiger partial charge in [-0.05, 0) is 24.5 Å². The standard InChI is InChI=1S/C13H19Cl2NO3S/c1-9(2)6-7-16(3)20(18,19)12-5-4-11(14)10(8-17)13(12)15/h4-5,9,17H,6-8H2,1-3H3. The number of aliphatic hydroxyl groups is 1. The van der Waals surface area contributed by atoms with Gasteiger partial charge in [0.25, 0.3) is 0 Å². The van der Waals surface area contributed by atoms with Crippen molar-refractivity contribution in [3.05, 3.63) is 27.7 Å². The molecule has 0 unspecified atom stereocenters. The zero-order chi connectivity index (χ0) is 15.5. The molecule has 0 atom stereocenters. The summed E-state index contributed by atoms with van der Waals surface area (Å²) in [6.07, 6.45) is 0.758. The highest BCUT2D eigenvalue weighted by molar-refractivity contribution is 7.89. The molecule has 1 aromatic rings. The molecule has 1 aromatic carbocycles. The molecular formula is C13H19Cl2NO3S. The van der Waals surface area contributed by atoms with Gasteiger partial charge in [-0.1, -0.05) is 37.0 Å². The Labute approximate surface area is 130 Å². The lowest BCUT2D eigenvalue weighted by atomic mass is 10.1. The van der Waals surface area contributed by atoms with Gasteiger partial charge in [0.2, 0.25) is 10.0 Å². The van der Waals surface area contributed by atoms with Crippen LogP contribution in [0.4, 0.5) is 0 Å². The minimum atomic E-state index is -3.68. The Morgan fingerprint density at radius 3 is 2.40 bits per heavy atom. The molecule has 0 aliphatic rings. The molecular weight excluding hydrogens is 321 g/mol. The van der Waals surface area contributed by atoms with Crippen LogP contribution in [0.15, 0.2) is 17.0 Å². The van der Waals surface area contributed by atoms with Gasteiger partial charge in [-0.25, -0.2) is 12.7 Å². The van der Waals surface area contributed by atoms with Gasteiger partial charge < -0.3 is 5.11 Å². The third kappa shape index (κ3) is 3.86. The van der Waals surface area contributed by atoms with Crippen molar-refractivity contribution in [2.75, 3.05) is 13.6 Å². The zero-order valence-corrected chi connectivity index (χ0v) is 14.1. The van der Waals surface area contributed by atoms with E-state index in [0.717, 1.165) is 6.42 Å². The SMILES string of the molecule is CC(C)CCN(C)S(=O)(=O)c1ccc(Cl)c(CO)c1Cl. The lowest BCUT2D eigenvalue weighted by Gasteiger charge is -2.20. The summed E-state index contributed by atoms with van der Waals surface area (Å²) in [4.78, 5) is -0.0288. The van der Waals surface area contributed by atoms with E-state index in [-0.39, 0.29) is 20.5 Å². The van der Waals surface area contributed by atoms with Crippen LogP contribution in [-0.4, -0.2) is 31.4 Å². The molecule has 0 saturated carbocycles. The van der Waals surface area contributed by atoms with Crippen LogP contribution in [-0.2, 0) is 16.6 Å². The lowest BCUT2D eigenvalue weighted by Crippen LogP contribution is -2.29. The second-order valence-electron chi connectivity index (χ2n) is 5.01. The normalized spacial score (nSPS) is 12.4. The highest BCUT2D eigenvalue weighted by Gasteiger charge is 2.25. The summed E-state index contributed by atoms with van der Waals surface area (Å²) in [5, 5.41) is 9.46. The van der Waals surface area contributed by atoms with E-state index in [1.165, 1.54) is 23.5 Å². The van der Waals surface area contributed by atoms with E-state index in [1.54, 1.807) is 0 Å². The first kappa shape index (κ1) is 17.7. The first-order chi connectivity index (χ1) is 9.21. The van der Waals surface area contributed by atoms with Crippen LogP contribution in [0.5, 0.6) is 0 Å². The average molecular weight is 340 g/mol. The molecule has 0 saturated heterocycles. The van der Waals surface area contributed by atoms with Crippen LogP contribution >= 0.6 is 23.2 Å². The fourth-order valence-electron chi connectivity index (χ4n) is 1.65. The number of aliphatic hydroxyl groups excluding tert-OH is 1. The second kappa shape index (κ2) is 7.09. The Balaban J connectivity index is 3.16. The number of nitrogens with zero attached hydrogens (tertiary/aromatic N) is 1. The fraction of sp³-hybridized carbons (Fsp3) is 0.538. The maximum Gasteiger partial charge on any atom is 0.244 e. The molecule has 0 spiro atoms. The van der Waals surface area contributed by atoms with Gasteiger partial charge in [0.1, 0.15) is 4.90 Å². The molecule has 0 radical (unpaired) electrons. The maximum atomic E-state index is 12.5. The Morgan fingerprint density at radius 1 is 1.30 bits per heavy atom. The van der Waals surface area contributed by atoms with Gasteiger partial charge >= 0.3 is 0 Å². The molecule has 114 valence electrons. The van der Waals surface area contributed by atoms with Crippen molar-refractivity contribution in [3.63, 3.8) is 0 Å². The molecule has 20 heavy (non-hydrogen) atoms. The van der Waals surface area contributed by atoms with Crippen LogP contribution in [0.3, 0.4) is 0 Å². The van der Waals surface area contributed by atoms with Crippen molar-refractivity contribution in [1.82, 2.24) is 4.31 Å². The smallest absolute Gasteiger partial charge is 0.244 e. The van der Waals surface area contributed by atoms with Gasteiger partial charge in [0.05, 0.1) is 11.6 Å². The molecule has 0 fully saturated rings. The number of sulfonamides is 1. The Kier molecular flexibility index (Phi) is 6.28. The van der Waals surface area contributed by atoms with E-state index >= 15 is 0 Å². The molecule has 0 bridgehead atoms. The van der Waals surface area contributed by atoms with E-state index < -0.39 is 16.6 Å². The van der Waals surface area contributed by atoms with Gasteiger partial charge in [-0.2, -0.15) is 0 Å². The molecule has 0 amide bonds. The highest BCUT2D eigenvalue weighted by atomic mass is 35.5. The molecule has 1 rings (SSSR count). The summed E-state index contributed by atoms with van der Waals surface area (Å²) in [5.41, 5.74) is 0.228. The topological polar surface area (TPSA) is 57.6 Å².